The Morgan fingerprint density at radius 3 is 2.32 bits per heavy atom. The molecule has 0 spiro atoms. The van der Waals surface area contributed by atoms with E-state index in [2.05, 4.69) is 0 Å². The fourth-order valence-electron chi connectivity index (χ4n) is 3.70. The molecule has 2 unspecified atom stereocenters. The Morgan fingerprint density at radius 1 is 1.27 bits per heavy atom. The molecule has 0 radical (unpaired) electrons. The molecule has 22 heavy (non-hydrogen) atoms. The van der Waals surface area contributed by atoms with Crippen LogP contribution in [-0.4, -0.2) is 70.3 Å². The highest BCUT2D eigenvalue weighted by atomic mass is 16.5. The molecule has 0 aromatic carbocycles. The number of ether oxygens (including phenoxy) is 2. The van der Waals surface area contributed by atoms with Gasteiger partial charge >= 0.3 is 0 Å². The summed E-state index contributed by atoms with van der Waals surface area (Å²) >= 11 is 0. The van der Waals surface area contributed by atoms with Crippen molar-refractivity contribution in [1.82, 2.24) is 0 Å². The molecule has 6 atom stereocenters. The molecule has 1 aliphatic rings. The molecule has 1 saturated carbocycles. The topological polar surface area (TPSA) is 113 Å². The summed E-state index contributed by atoms with van der Waals surface area (Å²) in [6, 6.07) is 3.17. The quantitative estimate of drug-likeness (QED) is 0.566. The highest BCUT2D eigenvalue weighted by Gasteiger charge is 2.82. The van der Waals surface area contributed by atoms with Crippen LogP contribution in [0.1, 0.15) is 25.5 Å². The van der Waals surface area contributed by atoms with Crippen molar-refractivity contribution in [2.24, 2.45) is 0 Å². The Kier molecular flexibility index (Phi) is 4.42. The van der Waals surface area contributed by atoms with E-state index in [4.69, 9.17) is 13.9 Å². The molecule has 1 aromatic heterocycles. The molecule has 1 heterocycles. The van der Waals surface area contributed by atoms with Gasteiger partial charge in [-0.1, -0.05) is 0 Å². The van der Waals surface area contributed by atoms with Gasteiger partial charge in [0, 0.05) is 14.2 Å². The van der Waals surface area contributed by atoms with E-state index in [0.717, 1.165) is 0 Å². The summed E-state index contributed by atoms with van der Waals surface area (Å²) in [5, 5.41) is 42.8. The average molecular weight is 316 g/mol. The molecule has 7 heteroatoms. The van der Waals surface area contributed by atoms with E-state index < -0.39 is 34.9 Å². The number of rotatable bonds is 6. The van der Waals surface area contributed by atoms with Crippen LogP contribution in [0.4, 0.5) is 0 Å². The lowest BCUT2D eigenvalue weighted by atomic mass is 9.44. The zero-order valence-corrected chi connectivity index (χ0v) is 13.2. The van der Waals surface area contributed by atoms with Gasteiger partial charge in [-0.25, -0.2) is 0 Å². The summed E-state index contributed by atoms with van der Waals surface area (Å²) in [5.74, 6) is -0.833. The van der Waals surface area contributed by atoms with Crippen molar-refractivity contribution < 1.29 is 34.3 Å². The molecular weight excluding hydrogens is 292 g/mol. The van der Waals surface area contributed by atoms with Crippen LogP contribution >= 0.6 is 0 Å². The van der Waals surface area contributed by atoms with Gasteiger partial charge in [-0.2, -0.15) is 0 Å². The number of hydrogen-bond acceptors (Lipinski definition) is 7. The van der Waals surface area contributed by atoms with Crippen molar-refractivity contribution in [3.63, 3.8) is 0 Å². The van der Waals surface area contributed by atoms with E-state index in [1.165, 1.54) is 34.3 Å². The van der Waals surface area contributed by atoms with Crippen LogP contribution < -0.4 is 0 Å². The fourth-order valence-corrected chi connectivity index (χ4v) is 3.70. The lowest BCUT2D eigenvalue weighted by molar-refractivity contribution is -0.392. The van der Waals surface area contributed by atoms with E-state index in [1.807, 2.05) is 0 Å². The zero-order chi connectivity index (χ0) is 16.8. The molecule has 126 valence electrons. The van der Waals surface area contributed by atoms with Gasteiger partial charge in [-0.15, -0.1) is 0 Å². The first kappa shape index (κ1) is 17.4. The van der Waals surface area contributed by atoms with Crippen LogP contribution in [0, 0.1) is 0 Å². The third-order valence-corrected chi connectivity index (χ3v) is 5.00. The summed E-state index contributed by atoms with van der Waals surface area (Å²) in [5.41, 5.74) is -5.93. The molecule has 7 nitrogen and oxygen atoms in total. The lowest BCUT2D eigenvalue weighted by Gasteiger charge is -2.69. The molecule has 1 fully saturated rings. The van der Waals surface area contributed by atoms with Gasteiger partial charge in [0.15, 0.2) is 0 Å². The summed E-state index contributed by atoms with van der Waals surface area (Å²) in [6.45, 7) is 2.61. The summed E-state index contributed by atoms with van der Waals surface area (Å²) in [6.07, 6.45) is -0.844. The maximum Gasteiger partial charge on any atom is 0.137 e. The molecular formula is C15H24O7. The molecule has 0 amide bonds. The number of aliphatic hydroxyl groups is 4. The Morgan fingerprint density at radius 2 is 1.91 bits per heavy atom. The van der Waals surface area contributed by atoms with Crippen molar-refractivity contribution >= 4 is 0 Å². The first-order chi connectivity index (χ1) is 10.2. The lowest BCUT2D eigenvalue weighted by Crippen LogP contribution is -2.89. The molecule has 1 aromatic rings. The van der Waals surface area contributed by atoms with E-state index in [1.54, 1.807) is 12.1 Å². The normalized spacial score (nSPS) is 41.0. The van der Waals surface area contributed by atoms with Crippen molar-refractivity contribution in [2.75, 3.05) is 20.8 Å². The molecule has 1 aliphatic carbocycles. The number of furan rings is 1. The van der Waals surface area contributed by atoms with E-state index in [-0.39, 0.29) is 12.4 Å². The molecule has 0 bridgehead atoms. The maximum absolute atomic E-state index is 11.2. The summed E-state index contributed by atoms with van der Waals surface area (Å²) in [7, 11) is 2.81. The molecule has 4 N–H and O–H groups in total. The van der Waals surface area contributed by atoms with E-state index in [9.17, 15) is 20.4 Å². The van der Waals surface area contributed by atoms with Gasteiger partial charge < -0.3 is 34.3 Å². The molecule has 2 rings (SSSR count). The van der Waals surface area contributed by atoms with Crippen molar-refractivity contribution in [2.45, 2.75) is 48.8 Å². The minimum atomic E-state index is -2.04. The van der Waals surface area contributed by atoms with Crippen LogP contribution in [0.5, 0.6) is 0 Å². The second-order valence-corrected chi connectivity index (χ2v) is 6.03. The molecule has 0 aliphatic heterocycles. The number of hydrogen-bond donors (Lipinski definition) is 4. The predicted octanol–water partition coefficient (Wildman–Crippen LogP) is -0.368. The van der Waals surface area contributed by atoms with Crippen LogP contribution in [0.3, 0.4) is 0 Å². The highest BCUT2D eigenvalue weighted by molar-refractivity contribution is 5.40. The summed E-state index contributed by atoms with van der Waals surface area (Å²) < 4.78 is 15.6. The number of methoxy groups -OCH3 is 2. The van der Waals surface area contributed by atoms with E-state index >= 15 is 0 Å². The SMILES string of the molecule is COC[C@@H](OC)[C@]1(O)C(c2ccco2)[C@](O)(C(C)O)[C@@]1(C)O. The third-order valence-electron chi connectivity index (χ3n) is 5.00. The highest BCUT2D eigenvalue weighted by Crippen LogP contribution is 2.63. The first-order valence-electron chi connectivity index (χ1n) is 7.09. The van der Waals surface area contributed by atoms with E-state index in [0.29, 0.717) is 0 Å². The van der Waals surface area contributed by atoms with Gasteiger partial charge in [-0.05, 0) is 26.0 Å². The average Bonchev–Trinajstić information content (AvgIpc) is 2.97. The van der Waals surface area contributed by atoms with Crippen LogP contribution in [-0.2, 0) is 9.47 Å². The maximum atomic E-state index is 11.2. The van der Waals surface area contributed by atoms with Crippen LogP contribution in [0.2, 0.25) is 0 Å². The minimum absolute atomic E-state index is 0.00372. The fraction of sp³-hybridized carbons (Fsp3) is 0.733. The van der Waals surface area contributed by atoms with Crippen molar-refractivity contribution in [1.29, 1.82) is 0 Å². The van der Waals surface area contributed by atoms with Gasteiger partial charge in [-0.3, -0.25) is 0 Å². The first-order valence-corrected chi connectivity index (χ1v) is 7.09. The van der Waals surface area contributed by atoms with Crippen molar-refractivity contribution in [3.05, 3.63) is 24.2 Å². The monoisotopic (exact) mass is 316 g/mol. The largest absolute Gasteiger partial charge is 0.469 e. The zero-order valence-electron chi connectivity index (χ0n) is 13.2. The van der Waals surface area contributed by atoms with Crippen LogP contribution in [0.25, 0.3) is 0 Å². The van der Waals surface area contributed by atoms with Crippen molar-refractivity contribution in [3.8, 4) is 0 Å². The Hall–Kier alpha value is -0.960. The minimum Gasteiger partial charge on any atom is -0.469 e. The smallest absolute Gasteiger partial charge is 0.137 e. The predicted molar refractivity (Wildman–Crippen MR) is 76.3 cm³/mol. The van der Waals surface area contributed by atoms with Crippen LogP contribution in [0.15, 0.2) is 22.8 Å². The molecule has 0 saturated heterocycles. The number of aliphatic hydroxyl groups excluding tert-OH is 1. The second-order valence-electron chi connectivity index (χ2n) is 6.03. The Bertz CT molecular complexity index is 498. The van der Waals surface area contributed by atoms with Gasteiger partial charge in [0.25, 0.3) is 0 Å². The summed E-state index contributed by atoms with van der Waals surface area (Å²) in [4.78, 5) is 0. The Labute approximate surface area is 129 Å². The van der Waals surface area contributed by atoms with Gasteiger partial charge in [0.2, 0.25) is 0 Å². The third kappa shape index (κ3) is 1.90. The van der Waals surface area contributed by atoms with Gasteiger partial charge in [0.05, 0.1) is 24.9 Å². The second kappa shape index (κ2) is 5.59. The Balaban J connectivity index is 2.56. The van der Waals surface area contributed by atoms with Gasteiger partial charge in [0.1, 0.15) is 28.7 Å². The standard InChI is InChI=1S/C15H24O7/c1-9(16)14(18)12(10-6-5-7-22-10)15(19,13(14,2)17)11(21-4)8-20-3/h5-7,9,11-12,16-19H,8H2,1-4H3/t9?,11-,12?,13-,14-,15+/m1/s1.